The molecule has 2 aromatic heterocycles. The molecule has 1 aliphatic carbocycles. The first-order chi connectivity index (χ1) is 32.7. The number of hydrogen-bond acceptors (Lipinski definition) is 4. The summed E-state index contributed by atoms with van der Waals surface area (Å²) >= 11 is 0. The summed E-state index contributed by atoms with van der Waals surface area (Å²) < 4.78 is 6.53. The molecule has 0 unspecified atom stereocenters. The molecule has 4 nitrogen and oxygen atoms in total. The van der Waals surface area contributed by atoms with E-state index in [9.17, 15) is 0 Å². The first-order valence-corrected chi connectivity index (χ1v) is 22.4. The summed E-state index contributed by atoms with van der Waals surface area (Å²) in [6, 6.07) is 84.0. The Kier molecular flexibility index (Phi) is 8.72. The van der Waals surface area contributed by atoms with Crippen molar-refractivity contribution in [1.82, 2.24) is 15.0 Å². The summed E-state index contributed by atoms with van der Waals surface area (Å²) in [6.07, 6.45) is 0. The van der Waals surface area contributed by atoms with E-state index in [0.717, 1.165) is 60.9 Å². The quantitative estimate of drug-likeness (QED) is 0.160. The van der Waals surface area contributed by atoms with E-state index in [1.807, 2.05) is 18.2 Å². The molecule has 12 aromatic rings. The highest BCUT2D eigenvalue weighted by atomic mass is 16.3. The molecule has 308 valence electrons. The van der Waals surface area contributed by atoms with Gasteiger partial charge in [-0.05, 0) is 90.7 Å². The van der Waals surface area contributed by atoms with E-state index in [1.54, 1.807) is 0 Å². The van der Waals surface area contributed by atoms with Crippen LogP contribution >= 0.6 is 0 Å². The van der Waals surface area contributed by atoms with E-state index in [-0.39, 0.29) is 0 Å². The van der Waals surface area contributed by atoms with Crippen molar-refractivity contribution in [3.8, 4) is 67.5 Å². The fourth-order valence-corrected chi connectivity index (χ4v) is 10.5. The van der Waals surface area contributed by atoms with Crippen LogP contribution in [0.25, 0.3) is 100 Å². The molecule has 0 saturated heterocycles. The first kappa shape index (κ1) is 37.8. The lowest BCUT2D eigenvalue weighted by Crippen LogP contribution is -2.28. The van der Waals surface area contributed by atoms with Gasteiger partial charge in [-0.2, -0.15) is 0 Å². The third-order valence-corrected chi connectivity index (χ3v) is 13.4. The maximum Gasteiger partial charge on any atom is 0.164 e. The van der Waals surface area contributed by atoms with Crippen molar-refractivity contribution in [2.45, 2.75) is 5.41 Å². The van der Waals surface area contributed by atoms with Crippen molar-refractivity contribution in [2.75, 3.05) is 0 Å². The number of nitrogens with zero attached hydrogens (tertiary/aromatic N) is 3. The van der Waals surface area contributed by atoms with Crippen molar-refractivity contribution < 1.29 is 4.42 Å². The average molecular weight is 842 g/mol. The molecule has 0 atom stereocenters. The second kappa shape index (κ2) is 15.2. The van der Waals surface area contributed by atoms with Crippen LogP contribution in [-0.2, 0) is 5.41 Å². The van der Waals surface area contributed by atoms with E-state index >= 15 is 0 Å². The average Bonchev–Trinajstić information content (AvgIpc) is 3.93. The Bertz CT molecular complexity index is 3770. The topological polar surface area (TPSA) is 51.8 Å². The number of benzene rings is 10. The summed E-state index contributed by atoms with van der Waals surface area (Å²) in [4.78, 5) is 16.1. The Morgan fingerprint density at radius 2 is 0.848 bits per heavy atom. The molecule has 13 rings (SSSR count). The zero-order valence-corrected chi connectivity index (χ0v) is 35.8. The fraction of sp³-hybridized carbons (Fsp3) is 0.0161. The Labute approximate surface area is 382 Å². The Balaban J connectivity index is 1.02. The van der Waals surface area contributed by atoms with Crippen LogP contribution in [0.1, 0.15) is 22.3 Å². The van der Waals surface area contributed by atoms with Crippen LogP contribution in [0.3, 0.4) is 0 Å². The van der Waals surface area contributed by atoms with Gasteiger partial charge in [-0.1, -0.05) is 212 Å². The number of rotatable bonds is 7. The van der Waals surface area contributed by atoms with Gasteiger partial charge < -0.3 is 4.42 Å². The monoisotopic (exact) mass is 841 g/mol. The maximum atomic E-state index is 6.53. The van der Waals surface area contributed by atoms with E-state index in [2.05, 4.69) is 218 Å². The van der Waals surface area contributed by atoms with Crippen LogP contribution < -0.4 is 0 Å². The Hall–Kier alpha value is -8.73. The van der Waals surface area contributed by atoms with Crippen LogP contribution in [0, 0.1) is 0 Å². The smallest absolute Gasteiger partial charge is 0.164 e. The summed E-state index contributed by atoms with van der Waals surface area (Å²) in [5.74, 6) is 1.76. The molecule has 4 heteroatoms. The van der Waals surface area contributed by atoms with Gasteiger partial charge in [-0.3, -0.25) is 0 Å². The minimum absolute atomic E-state index is 0.571. The van der Waals surface area contributed by atoms with Gasteiger partial charge in [0.2, 0.25) is 0 Å². The van der Waals surface area contributed by atoms with E-state index in [4.69, 9.17) is 19.4 Å². The van der Waals surface area contributed by atoms with Crippen LogP contribution in [0.2, 0.25) is 0 Å². The minimum Gasteiger partial charge on any atom is -0.456 e. The van der Waals surface area contributed by atoms with Crippen LogP contribution in [0.5, 0.6) is 0 Å². The number of hydrogen-bond donors (Lipinski definition) is 0. The van der Waals surface area contributed by atoms with Crippen molar-refractivity contribution in [1.29, 1.82) is 0 Å². The SMILES string of the molecule is c1ccc(-c2ccc3oc4cccc(-c5nc(-c6ccc(-c7cccc8ccccc78)cc6)nc(-c6cccc(C7(c8ccccc8)c8ccccc8-c8ccccc87)c6)n5)c4c3c2)cc1. The second-order valence-electron chi connectivity index (χ2n) is 17.1. The molecule has 0 fully saturated rings. The van der Waals surface area contributed by atoms with Gasteiger partial charge in [-0.15, -0.1) is 0 Å². The van der Waals surface area contributed by atoms with Crippen LogP contribution in [0.4, 0.5) is 0 Å². The zero-order valence-electron chi connectivity index (χ0n) is 35.8. The summed E-state index contributed by atoms with van der Waals surface area (Å²) in [5.41, 5.74) is 15.6. The standard InChI is InChI=1S/C62H39N3O/c1-3-16-40(17-4-1)44-36-37-56-53(39-44)58-52(28-15-31-57(58)66-56)61-64-59(43-34-32-42(33-35-43)49-27-14-19-41-18-7-8-24-48(41)49)63-60(65-61)45-20-13-23-47(38-45)62(46-21-5-2-6-22-46)54-29-11-9-25-50(54)51-26-10-12-30-55(51)62/h1-39H. The van der Waals surface area contributed by atoms with Gasteiger partial charge >= 0.3 is 0 Å². The van der Waals surface area contributed by atoms with Crippen molar-refractivity contribution in [3.05, 3.63) is 259 Å². The number of aromatic nitrogens is 3. The van der Waals surface area contributed by atoms with Gasteiger partial charge in [-0.25, -0.2) is 15.0 Å². The van der Waals surface area contributed by atoms with Crippen LogP contribution in [-0.4, -0.2) is 15.0 Å². The lowest BCUT2D eigenvalue weighted by Gasteiger charge is -2.34. The van der Waals surface area contributed by atoms with E-state index in [0.29, 0.717) is 17.5 Å². The summed E-state index contributed by atoms with van der Waals surface area (Å²) in [5, 5.41) is 4.41. The van der Waals surface area contributed by atoms with E-state index < -0.39 is 5.41 Å². The highest BCUT2D eigenvalue weighted by Gasteiger charge is 2.46. The number of fused-ring (bicyclic) bond motifs is 7. The second-order valence-corrected chi connectivity index (χ2v) is 17.1. The molecule has 0 spiro atoms. The molecule has 1 aliphatic rings. The van der Waals surface area contributed by atoms with Crippen LogP contribution in [0.15, 0.2) is 241 Å². The summed E-state index contributed by atoms with van der Waals surface area (Å²) in [6.45, 7) is 0. The zero-order chi connectivity index (χ0) is 43.6. The molecule has 0 aliphatic heterocycles. The Morgan fingerprint density at radius 3 is 1.64 bits per heavy atom. The Morgan fingerprint density at radius 1 is 0.303 bits per heavy atom. The predicted molar refractivity (Wildman–Crippen MR) is 269 cm³/mol. The molecule has 0 saturated carbocycles. The molecular weight excluding hydrogens is 803 g/mol. The third-order valence-electron chi connectivity index (χ3n) is 13.4. The third kappa shape index (κ3) is 5.96. The van der Waals surface area contributed by atoms with E-state index in [1.165, 1.54) is 44.2 Å². The first-order valence-electron chi connectivity index (χ1n) is 22.4. The largest absolute Gasteiger partial charge is 0.456 e. The highest BCUT2D eigenvalue weighted by molar-refractivity contribution is 6.13. The van der Waals surface area contributed by atoms with Gasteiger partial charge in [0.05, 0.1) is 5.41 Å². The molecule has 10 aromatic carbocycles. The molecule has 0 N–H and O–H groups in total. The fourth-order valence-electron chi connectivity index (χ4n) is 10.5. The number of furan rings is 1. The predicted octanol–water partition coefficient (Wildman–Crippen LogP) is 15.6. The lowest BCUT2D eigenvalue weighted by molar-refractivity contribution is 0.669. The molecule has 0 radical (unpaired) electrons. The molecule has 0 bridgehead atoms. The molecule has 66 heavy (non-hydrogen) atoms. The normalized spacial score (nSPS) is 12.7. The van der Waals surface area contributed by atoms with Gasteiger partial charge in [0.15, 0.2) is 17.5 Å². The molecule has 0 amide bonds. The summed E-state index contributed by atoms with van der Waals surface area (Å²) in [7, 11) is 0. The van der Waals surface area contributed by atoms with Gasteiger partial charge in [0.1, 0.15) is 11.2 Å². The van der Waals surface area contributed by atoms with Crippen molar-refractivity contribution in [3.63, 3.8) is 0 Å². The van der Waals surface area contributed by atoms with Gasteiger partial charge in [0, 0.05) is 27.5 Å². The highest BCUT2D eigenvalue weighted by Crippen LogP contribution is 2.56. The minimum atomic E-state index is -0.571. The van der Waals surface area contributed by atoms with Gasteiger partial charge in [0.25, 0.3) is 0 Å². The van der Waals surface area contributed by atoms with Crippen molar-refractivity contribution >= 4 is 32.7 Å². The maximum absolute atomic E-state index is 6.53. The molecule has 2 heterocycles. The molecular formula is C62H39N3O. The lowest BCUT2D eigenvalue weighted by atomic mass is 9.67. The van der Waals surface area contributed by atoms with Crippen molar-refractivity contribution in [2.24, 2.45) is 0 Å².